The normalized spacial score (nSPS) is 10.2. The van der Waals surface area contributed by atoms with Crippen LogP contribution in [-0.4, -0.2) is 12.5 Å². The zero-order valence-electron chi connectivity index (χ0n) is 11.4. The molecular weight excluding hydrogens is 274 g/mol. The highest BCUT2D eigenvalue weighted by Crippen LogP contribution is 2.25. The number of rotatable bonds is 4. The van der Waals surface area contributed by atoms with Gasteiger partial charge in [-0.25, -0.2) is 0 Å². The third-order valence-electron chi connectivity index (χ3n) is 2.78. The number of nitrogens with one attached hydrogen (secondary N) is 1. The molecule has 0 fully saturated rings. The Hall–Kier alpha value is -2.00. The summed E-state index contributed by atoms with van der Waals surface area (Å²) in [6.07, 6.45) is 0. The topological polar surface area (TPSA) is 38.3 Å². The summed E-state index contributed by atoms with van der Waals surface area (Å²) in [5.74, 6) is 0.303. The predicted molar refractivity (Wildman–Crippen MR) is 81.5 cm³/mol. The maximum Gasteiger partial charge on any atom is 0.262 e. The van der Waals surface area contributed by atoms with E-state index < -0.39 is 0 Å². The van der Waals surface area contributed by atoms with Gasteiger partial charge >= 0.3 is 0 Å². The van der Waals surface area contributed by atoms with Crippen molar-refractivity contribution in [1.82, 2.24) is 0 Å². The number of anilines is 1. The summed E-state index contributed by atoms with van der Waals surface area (Å²) in [6.45, 7) is 3.86. The van der Waals surface area contributed by atoms with E-state index in [4.69, 9.17) is 16.3 Å². The smallest absolute Gasteiger partial charge is 0.262 e. The lowest BCUT2D eigenvalue weighted by Gasteiger charge is -2.09. The van der Waals surface area contributed by atoms with Crippen molar-refractivity contribution < 1.29 is 9.53 Å². The van der Waals surface area contributed by atoms with E-state index in [-0.39, 0.29) is 12.5 Å². The molecule has 0 unspecified atom stereocenters. The van der Waals surface area contributed by atoms with E-state index in [0.717, 1.165) is 16.8 Å². The van der Waals surface area contributed by atoms with Crippen molar-refractivity contribution in [3.8, 4) is 5.75 Å². The van der Waals surface area contributed by atoms with Gasteiger partial charge in [-0.2, -0.15) is 0 Å². The molecule has 3 nitrogen and oxygen atoms in total. The van der Waals surface area contributed by atoms with Gasteiger partial charge in [0.05, 0.1) is 5.02 Å². The van der Waals surface area contributed by atoms with Gasteiger partial charge in [-0.3, -0.25) is 4.79 Å². The van der Waals surface area contributed by atoms with Crippen LogP contribution in [0.3, 0.4) is 0 Å². The maximum atomic E-state index is 11.8. The number of hydrogen-bond donors (Lipinski definition) is 1. The standard InChI is InChI=1S/C16H16ClNO2/c1-11-3-6-13(7-4-11)18-16(19)10-20-15-9-12(2)5-8-14(15)17/h3-9H,10H2,1-2H3,(H,18,19). The van der Waals surface area contributed by atoms with E-state index in [9.17, 15) is 4.79 Å². The first kappa shape index (κ1) is 14.4. The number of halogens is 1. The van der Waals surface area contributed by atoms with Gasteiger partial charge < -0.3 is 10.1 Å². The Morgan fingerprint density at radius 1 is 1.10 bits per heavy atom. The van der Waals surface area contributed by atoms with E-state index in [1.165, 1.54) is 0 Å². The first-order valence-corrected chi connectivity index (χ1v) is 6.68. The van der Waals surface area contributed by atoms with E-state index in [1.807, 2.05) is 50.2 Å². The average molecular weight is 290 g/mol. The highest BCUT2D eigenvalue weighted by molar-refractivity contribution is 6.32. The molecule has 2 aromatic rings. The molecule has 20 heavy (non-hydrogen) atoms. The summed E-state index contributed by atoms with van der Waals surface area (Å²) in [5, 5.41) is 3.27. The van der Waals surface area contributed by atoms with Crippen molar-refractivity contribution in [2.45, 2.75) is 13.8 Å². The van der Waals surface area contributed by atoms with Crippen molar-refractivity contribution in [2.75, 3.05) is 11.9 Å². The lowest BCUT2D eigenvalue weighted by atomic mass is 10.2. The van der Waals surface area contributed by atoms with Gasteiger partial charge in [-0.15, -0.1) is 0 Å². The molecule has 0 saturated carbocycles. The number of carbonyl (C=O) groups excluding carboxylic acids is 1. The molecule has 0 heterocycles. The summed E-state index contributed by atoms with van der Waals surface area (Å²) in [6, 6.07) is 13.0. The van der Waals surface area contributed by atoms with Crippen molar-refractivity contribution in [1.29, 1.82) is 0 Å². The second-order valence-corrected chi connectivity index (χ2v) is 5.04. The monoisotopic (exact) mass is 289 g/mol. The van der Waals surface area contributed by atoms with Crippen LogP contribution in [0.5, 0.6) is 5.75 Å². The first-order valence-electron chi connectivity index (χ1n) is 6.30. The quantitative estimate of drug-likeness (QED) is 0.925. The van der Waals surface area contributed by atoms with E-state index >= 15 is 0 Å². The summed E-state index contributed by atoms with van der Waals surface area (Å²) < 4.78 is 5.43. The largest absolute Gasteiger partial charge is 0.482 e. The number of amides is 1. The molecule has 0 spiro atoms. The molecular formula is C16H16ClNO2. The molecule has 2 aromatic carbocycles. The minimum Gasteiger partial charge on any atom is -0.482 e. The molecule has 1 N–H and O–H groups in total. The van der Waals surface area contributed by atoms with Crippen LogP contribution in [0.25, 0.3) is 0 Å². The number of benzene rings is 2. The van der Waals surface area contributed by atoms with Crippen molar-refractivity contribution in [2.24, 2.45) is 0 Å². The molecule has 0 saturated heterocycles. The van der Waals surface area contributed by atoms with Gasteiger partial charge in [0.25, 0.3) is 5.91 Å². The zero-order chi connectivity index (χ0) is 14.5. The Bertz CT molecular complexity index is 608. The third-order valence-corrected chi connectivity index (χ3v) is 3.09. The number of ether oxygens (including phenoxy) is 1. The molecule has 4 heteroatoms. The second kappa shape index (κ2) is 6.44. The number of aryl methyl sites for hydroxylation is 2. The Labute approximate surface area is 123 Å². The van der Waals surface area contributed by atoms with Crippen LogP contribution < -0.4 is 10.1 Å². The van der Waals surface area contributed by atoms with Crippen molar-refractivity contribution >= 4 is 23.2 Å². The Kier molecular flexibility index (Phi) is 4.64. The predicted octanol–water partition coefficient (Wildman–Crippen LogP) is 3.97. The maximum absolute atomic E-state index is 11.8. The van der Waals surface area contributed by atoms with Crippen LogP contribution in [0.15, 0.2) is 42.5 Å². The van der Waals surface area contributed by atoms with Crippen LogP contribution in [0.2, 0.25) is 5.02 Å². The van der Waals surface area contributed by atoms with Gasteiger partial charge in [0, 0.05) is 5.69 Å². The summed E-state index contributed by atoms with van der Waals surface area (Å²) in [7, 11) is 0. The second-order valence-electron chi connectivity index (χ2n) is 4.64. The van der Waals surface area contributed by atoms with Gasteiger partial charge in [-0.1, -0.05) is 35.4 Å². The lowest BCUT2D eigenvalue weighted by Crippen LogP contribution is -2.20. The van der Waals surface area contributed by atoms with Crippen LogP contribution in [0.1, 0.15) is 11.1 Å². The van der Waals surface area contributed by atoms with Crippen LogP contribution >= 0.6 is 11.6 Å². The van der Waals surface area contributed by atoms with Crippen LogP contribution in [0.4, 0.5) is 5.69 Å². The molecule has 0 aliphatic carbocycles. The third kappa shape index (κ3) is 4.00. The molecule has 0 aliphatic rings. The first-order chi connectivity index (χ1) is 9.54. The Balaban J connectivity index is 1.92. The molecule has 0 atom stereocenters. The molecule has 0 aromatic heterocycles. The van der Waals surface area contributed by atoms with Gasteiger partial charge in [0.15, 0.2) is 6.61 Å². The van der Waals surface area contributed by atoms with E-state index in [1.54, 1.807) is 6.07 Å². The molecule has 0 radical (unpaired) electrons. The molecule has 0 aliphatic heterocycles. The van der Waals surface area contributed by atoms with Gasteiger partial charge in [0.2, 0.25) is 0 Å². The van der Waals surface area contributed by atoms with Crippen molar-refractivity contribution in [3.05, 3.63) is 58.6 Å². The minimum absolute atomic E-state index is 0.0724. The number of hydrogen-bond acceptors (Lipinski definition) is 2. The molecule has 1 amide bonds. The zero-order valence-corrected chi connectivity index (χ0v) is 12.2. The fraction of sp³-hybridized carbons (Fsp3) is 0.188. The highest BCUT2D eigenvalue weighted by atomic mass is 35.5. The van der Waals surface area contributed by atoms with Gasteiger partial charge in [-0.05, 0) is 43.7 Å². The highest BCUT2D eigenvalue weighted by Gasteiger charge is 2.06. The Morgan fingerprint density at radius 3 is 2.45 bits per heavy atom. The number of carbonyl (C=O) groups is 1. The minimum atomic E-state index is -0.216. The molecule has 2 rings (SSSR count). The molecule has 0 bridgehead atoms. The summed E-state index contributed by atoms with van der Waals surface area (Å²) in [5.41, 5.74) is 2.92. The average Bonchev–Trinajstić information content (AvgIpc) is 2.42. The fourth-order valence-electron chi connectivity index (χ4n) is 1.70. The van der Waals surface area contributed by atoms with E-state index in [0.29, 0.717) is 10.8 Å². The summed E-state index contributed by atoms with van der Waals surface area (Å²) in [4.78, 5) is 11.8. The van der Waals surface area contributed by atoms with Crippen LogP contribution in [0, 0.1) is 13.8 Å². The fourth-order valence-corrected chi connectivity index (χ4v) is 1.87. The SMILES string of the molecule is Cc1ccc(NC(=O)COc2cc(C)ccc2Cl)cc1. The Morgan fingerprint density at radius 2 is 1.75 bits per heavy atom. The van der Waals surface area contributed by atoms with Gasteiger partial charge in [0.1, 0.15) is 5.75 Å². The molecule has 104 valence electrons. The summed E-state index contributed by atoms with van der Waals surface area (Å²) >= 11 is 6.00. The van der Waals surface area contributed by atoms with Crippen LogP contribution in [-0.2, 0) is 4.79 Å². The van der Waals surface area contributed by atoms with Crippen molar-refractivity contribution in [3.63, 3.8) is 0 Å². The van der Waals surface area contributed by atoms with E-state index in [2.05, 4.69) is 5.32 Å². The lowest BCUT2D eigenvalue weighted by molar-refractivity contribution is -0.118.